The lowest BCUT2D eigenvalue weighted by molar-refractivity contribution is -0.128. The largest absolute Gasteiger partial charge is 0.476 e. The van der Waals surface area contributed by atoms with E-state index in [4.69, 9.17) is 5.11 Å². The molecule has 2 N–H and O–H groups in total. The molecule has 3 rings (SSSR count). The molecule has 1 aliphatic rings. The zero-order valence-electron chi connectivity index (χ0n) is 14.5. The summed E-state index contributed by atoms with van der Waals surface area (Å²) < 4.78 is 41.0. The predicted molar refractivity (Wildman–Crippen MR) is 99.3 cm³/mol. The number of carbonyl (C=O) groups is 2. The fourth-order valence-corrected chi connectivity index (χ4v) is 4.71. The summed E-state index contributed by atoms with van der Waals surface area (Å²) in [6, 6.07) is 0.945. The molecule has 1 fully saturated rings. The van der Waals surface area contributed by atoms with Crippen molar-refractivity contribution < 1.29 is 27.9 Å². The van der Waals surface area contributed by atoms with Crippen LogP contribution < -0.4 is 5.32 Å². The van der Waals surface area contributed by atoms with Gasteiger partial charge >= 0.3 is 5.97 Å². The number of carbonyl (C=O) groups excluding carboxylic acids is 1. The van der Waals surface area contributed by atoms with Crippen LogP contribution in [0.5, 0.6) is 0 Å². The average Bonchev–Trinajstić information content (AvgIpc) is 3.22. The quantitative estimate of drug-likeness (QED) is 0.623. The summed E-state index contributed by atoms with van der Waals surface area (Å²) in [7, 11) is 0. The monoisotopic (exact) mass is 431 g/mol. The van der Waals surface area contributed by atoms with Gasteiger partial charge in [0, 0.05) is 48.8 Å². The smallest absolute Gasteiger partial charge is 0.355 e. The number of thioether (sulfide) groups is 1. The molecule has 11 heteroatoms. The number of aromatic nitrogens is 1. The van der Waals surface area contributed by atoms with Crippen molar-refractivity contribution in [1.82, 2.24) is 9.88 Å². The first-order chi connectivity index (χ1) is 13.3. The Bertz CT molecular complexity index is 871. The number of halogens is 3. The zero-order valence-corrected chi connectivity index (χ0v) is 16.1. The van der Waals surface area contributed by atoms with Crippen LogP contribution in [0.2, 0.25) is 0 Å². The zero-order chi connectivity index (χ0) is 20.3. The number of nitrogens with zero attached hydrogens (tertiary/aromatic N) is 2. The van der Waals surface area contributed by atoms with Gasteiger partial charge in [0.1, 0.15) is 11.5 Å². The van der Waals surface area contributed by atoms with E-state index in [9.17, 15) is 22.8 Å². The summed E-state index contributed by atoms with van der Waals surface area (Å²) in [5.74, 6) is -3.69. The highest BCUT2D eigenvalue weighted by molar-refractivity contribution is 8.01. The van der Waals surface area contributed by atoms with Gasteiger partial charge in [-0.05, 0) is 6.42 Å². The molecular formula is C17H16F3N3O3S2. The lowest BCUT2D eigenvalue weighted by Crippen LogP contribution is -2.39. The van der Waals surface area contributed by atoms with Crippen LogP contribution in [0.1, 0.15) is 23.3 Å². The number of anilines is 1. The Morgan fingerprint density at radius 2 is 2.07 bits per heavy atom. The van der Waals surface area contributed by atoms with Crippen molar-refractivity contribution >= 4 is 40.7 Å². The summed E-state index contributed by atoms with van der Waals surface area (Å²) in [6.45, 7) is 0.530. The van der Waals surface area contributed by atoms with Gasteiger partial charge in [-0.2, -0.15) is 0 Å². The Balaban J connectivity index is 1.55. The van der Waals surface area contributed by atoms with Gasteiger partial charge in [0.2, 0.25) is 5.91 Å². The number of hydrogen-bond donors (Lipinski definition) is 2. The summed E-state index contributed by atoms with van der Waals surface area (Å²) in [4.78, 5) is 28.5. The molecule has 1 saturated heterocycles. The Morgan fingerprint density at radius 3 is 2.71 bits per heavy atom. The van der Waals surface area contributed by atoms with Gasteiger partial charge in [0.05, 0.1) is 0 Å². The van der Waals surface area contributed by atoms with Crippen LogP contribution in [0.3, 0.4) is 0 Å². The van der Waals surface area contributed by atoms with Crippen LogP contribution >= 0.6 is 23.1 Å². The van der Waals surface area contributed by atoms with E-state index in [2.05, 4.69) is 10.3 Å². The van der Waals surface area contributed by atoms with Crippen molar-refractivity contribution in [3.8, 4) is 0 Å². The highest BCUT2D eigenvalue weighted by Crippen LogP contribution is 2.26. The molecule has 1 aromatic heterocycles. The molecule has 0 unspecified atom stereocenters. The van der Waals surface area contributed by atoms with Crippen molar-refractivity contribution in [3.05, 3.63) is 40.7 Å². The minimum absolute atomic E-state index is 0.0184. The van der Waals surface area contributed by atoms with E-state index in [1.165, 1.54) is 28.5 Å². The maximum atomic E-state index is 13.7. The third-order valence-electron chi connectivity index (χ3n) is 4.23. The molecule has 0 saturated carbocycles. The number of hydrogen-bond acceptors (Lipinski definition) is 6. The second-order valence-electron chi connectivity index (χ2n) is 6.06. The average molecular weight is 431 g/mol. The molecule has 0 bridgehead atoms. The number of thiazole rings is 1. The lowest BCUT2D eigenvalue weighted by atomic mass is 10.2. The second-order valence-corrected chi connectivity index (χ2v) is 8.26. The normalized spacial score (nSPS) is 16.6. The molecule has 2 aromatic rings. The first kappa shape index (κ1) is 20.5. The molecular weight excluding hydrogens is 415 g/mol. The molecule has 150 valence electrons. The number of carboxylic acid groups (broad SMARTS) is 1. The van der Waals surface area contributed by atoms with E-state index in [0.29, 0.717) is 41.6 Å². The van der Waals surface area contributed by atoms with Gasteiger partial charge in [-0.3, -0.25) is 4.79 Å². The van der Waals surface area contributed by atoms with Crippen molar-refractivity contribution in [1.29, 1.82) is 0 Å². The van der Waals surface area contributed by atoms with Gasteiger partial charge in [0.15, 0.2) is 21.7 Å². The molecule has 0 spiro atoms. The summed E-state index contributed by atoms with van der Waals surface area (Å²) in [6.07, 6.45) is 0.882. The van der Waals surface area contributed by atoms with E-state index in [-0.39, 0.29) is 24.2 Å². The minimum atomic E-state index is -1.09. The van der Waals surface area contributed by atoms with Gasteiger partial charge in [0.25, 0.3) is 0 Å². The third kappa shape index (κ3) is 4.76. The van der Waals surface area contributed by atoms with Crippen molar-refractivity contribution in [2.45, 2.75) is 23.2 Å². The van der Waals surface area contributed by atoms with E-state index < -0.39 is 29.1 Å². The maximum Gasteiger partial charge on any atom is 0.355 e. The SMILES string of the molecule is O=C(O)c1csc(SCCN2C(=O)CC[C@@H]2CNc2c(F)cc(F)cc2F)n1. The third-order valence-corrected chi connectivity index (χ3v) is 6.24. The maximum absolute atomic E-state index is 13.7. The lowest BCUT2D eigenvalue weighted by Gasteiger charge is -2.25. The number of rotatable bonds is 8. The van der Waals surface area contributed by atoms with Crippen LogP contribution in [0.4, 0.5) is 18.9 Å². The van der Waals surface area contributed by atoms with Gasteiger partial charge < -0.3 is 15.3 Å². The van der Waals surface area contributed by atoms with Gasteiger partial charge in [-0.25, -0.2) is 22.9 Å². The first-order valence-electron chi connectivity index (χ1n) is 8.34. The standard InChI is InChI=1S/C17H16F3N3O3S2/c18-9-5-11(19)15(12(20)6-9)21-7-10-1-2-14(24)23(10)3-4-27-17-22-13(8-28-17)16(25)26/h5-6,8,10,21H,1-4,7H2,(H,25,26)/t10-/m1/s1. The second kappa shape index (κ2) is 8.82. The van der Waals surface area contributed by atoms with Crippen molar-refractivity contribution in [2.24, 2.45) is 0 Å². The van der Waals surface area contributed by atoms with Crippen LogP contribution in [-0.2, 0) is 4.79 Å². The number of nitrogens with one attached hydrogen (secondary N) is 1. The van der Waals surface area contributed by atoms with E-state index in [1.807, 2.05) is 0 Å². The Labute approximate surface area is 166 Å². The Morgan fingerprint density at radius 1 is 1.36 bits per heavy atom. The number of amides is 1. The molecule has 1 atom stereocenters. The van der Waals surface area contributed by atoms with Crippen LogP contribution in [0.15, 0.2) is 21.9 Å². The number of benzene rings is 1. The highest BCUT2D eigenvalue weighted by atomic mass is 32.2. The van der Waals surface area contributed by atoms with Crippen LogP contribution in [-0.4, -0.2) is 51.8 Å². The van der Waals surface area contributed by atoms with Crippen LogP contribution in [0.25, 0.3) is 0 Å². The predicted octanol–water partition coefficient (Wildman–Crippen LogP) is 3.45. The van der Waals surface area contributed by atoms with Gasteiger partial charge in [-0.15, -0.1) is 11.3 Å². The molecule has 0 aliphatic carbocycles. The fraction of sp³-hybridized carbons (Fsp3) is 0.353. The number of aromatic carboxylic acids is 1. The highest BCUT2D eigenvalue weighted by Gasteiger charge is 2.30. The fourth-order valence-electron chi connectivity index (χ4n) is 2.90. The number of likely N-dealkylation sites (tertiary alicyclic amines) is 1. The van der Waals surface area contributed by atoms with E-state index in [0.717, 1.165) is 0 Å². The summed E-state index contributed by atoms with van der Waals surface area (Å²) in [5, 5.41) is 13.0. The summed E-state index contributed by atoms with van der Waals surface area (Å²) >= 11 is 2.55. The molecule has 0 radical (unpaired) electrons. The Kier molecular flexibility index (Phi) is 6.45. The van der Waals surface area contributed by atoms with Crippen LogP contribution in [0, 0.1) is 17.5 Å². The molecule has 6 nitrogen and oxygen atoms in total. The minimum Gasteiger partial charge on any atom is -0.476 e. The molecule has 28 heavy (non-hydrogen) atoms. The molecule has 2 heterocycles. The van der Waals surface area contributed by atoms with E-state index >= 15 is 0 Å². The molecule has 1 aliphatic heterocycles. The summed E-state index contributed by atoms with van der Waals surface area (Å²) in [5.41, 5.74) is -0.436. The first-order valence-corrected chi connectivity index (χ1v) is 10.2. The number of carboxylic acids is 1. The Hall–Kier alpha value is -2.27. The molecule has 1 amide bonds. The van der Waals surface area contributed by atoms with E-state index in [1.54, 1.807) is 4.90 Å². The van der Waals surface area contributed by atoms with Crippen molar-refractivity contribution in [3.63, 3.8) is 0 Å². The molecule has 1 aromatic carbocycles. The van der Waals surface area contributed by atoms with Crippen molar-refractivity contribution in [2.75, 3.05) is 24.2 Å². The van der Waals surface area contributed by atoms with Gasteiger partial charge in [-0.1, -0.05) is 11.8 Å². The topological polar surface area (TPSA) is 82.5 Å².